The molecule has 1 aliphatic rings. The molecule has 0 spiro atoms. The topological polar surface area (TPSA) is 156 Å². The molecular weight excluding hydrogens is 473 g/mol. The standard InChI is InChI=1S/C19H27F3N2O10/c1-9(25)24-14-16(33-12(4)28)15(32-11(3)27)13(8-31-10(2)26)34-17(14)30-7-5-6-23-18(29)19(20,21)22/h13-17H,5-8H2,1-4H3,(H,23,29)(H,24,25)/t13-,14-,15-,16-,17-/m1/s1. The van der Waals surface area contributed by atoms with E-state index in [9.17, 15) is 37.1 Å². The number of esters is 3. The second-order valence-electron chi connectivity index (χ2n) is 7.20. The van der Waals surface area contributed by atoms with E-state index in [-0.39, 0.29) is 19.6 Å². The highest BCUT2D eigenvalue weighted by Gasteiger charge is 2.51. The van der Waals surface area contributed by atoms with Crippen molar-refractivity contribution in [3.63, 3.8) is 0 Å². The molecule has 15 heteroatoms. The van der Waals surface area contributed by atoms with Crippen LogP contribution in [0.2, 0.25) is 0 Å². The van der Waals surface area contributed by atoms with E-state index in [4.69, 9.17) is 23.7 Å². The lowest BCUT2D eigenvalue weighted by molar-refractivity contribution is -0.277. The Morgan fingerprint density at radius 1 is 0.912 bits per heavy atom. The van der Waals surface area contributed by atoms with Gasteiger partial charge in [-0.3, -0.25) is 24.0 Å². The summed E-state index contributed by atoms with van der Waals surface area (Å²) in [5.41, 5.74) is 0. The van der Waals surface area contributed by atoms with Crippen LogP contribution in [0.1, 0.15) is 34.1 Å². The fraction of sp³-hybridized carbons (Fsp3) is 0.737. The van der Waals surface area contributed by atoms with Gasteiger partial charge in [0.1, 0.15) is 18.8 Å². The van der Waals surface area contributed by atoms with Crippen molar-refractivity contribution in [1.82, 2.24) is 10.6 Å². The zero-order valence-electron chi connectivity index (χ0n) is 18.9. The predicted octanol–water partition coefficient (Wildman–Crippen LogP) is -0.272. The summed E-state index contributed by atoms with van der Waals surface area (Å²) in [4.78, 5) is 57.3. The molecule has 0 aliphatic carbocycles. The second-order valence-corrected chi connectivity index (χ2v) is 7.20. The van der Waals surface area contributed by atoms with Gasteiger partial charge in [-0.1, -0.05) is 0 Å². The van der Waals surface area contributed by atoms with Crippen molar-refractivity contribution in [2.24, 2.45) is 0 Å². The lowest BCUT2D eigenvalue weighted by Crippen LogP contribution is -2.66. The van der Waals surface area contributed by atoms with Gasteiger partial charge in [-0.05, 0) is 6.42 Å². The Morgan fingerprint density at radius 3 is 2.00 bits per heavy atom. The first kappa shape index (κ1) is 29.1. The first-order valence-corrected chi connectivity index (χ1v) is 10.1. The average molecular weight is 500 g/mol. The molecular formula is C19H27F3N2O10. The minimum atomic E-state index is -5.03. The molecule has 194 valence electrons. The fourth-order valence-electron chi connectivity index (χ4n) is 3.01. The summed E-state index contributed by atoms with van der Waals surface area (Å²) in [5, 5.41) is 4.14. The Labute approximate surface area is 192 Å². The highest BCUT2D eigenvalue weighted by molar-refractivity contribution is 5.81. The molecule has 1 saturated heterocycles. The maximum Gasteiger partial charge on any atom is 0.471 e. The van der Waals surface area contributed by atoms with Crippen molar-refractivity contribution < 1.29 is 60.8 Å². The third kappa shape index (κ3) is 9.91. The van der Waals surface area contributed by atoms with Crippen LogP contribution in [0.5, 0.6) is 0 Å². The average Bonchev–Trinajstić information content (AvgIpc) is 2.68. The summed E-state index contributed by atoms with van der Waals surface area (Å²) in [6.45, 7) is 3.38. The number of hydrogen-bond acceptors (Lipinski definition) is 10. The molecule has 0 bridgehead atoms. The van der Waals surface area contributed by atoms with E-state index < -0.39 is 73.1 Å². The smallest absolute Gasteiger partial charge is 0.463 e. The molecule has 2 amide bonds. The largest absolute Gasteiger partial charge is 0.471 e. The Kier molecular flexibility index (Phi) is 11.2. The zero-order chi connectivity index (χ0) is 26.1. The number of nitrogens with one attached hydrogen (secondary N) is 2. The zero-order valence-corrected chi connectivity index (χ0v) is 18.9. The van der Waals surface area contributed by atoms with Gasteiger partial charge in [0.05, 0.1) is 6.61 Å². The minimum Gasteiger partial charge on any atom is -0.463 e. The molecule has 0 unspecified atom stereocenters. The summed E-state index contributed by atoms with van der Waals surface area (Å²) >= 11 is 0. The SMILES string of the molecule is CC(=O)N[C@H]1[C@H](OCCCNC(=O)C(F)(F)F)O[C@H](COC(C)=O)[C@@H](OC(C)=O)[C@@H]1OC(C)=O. The third-order valence-electron chi connectivity index (χ3n) is 4.22. The number of hydrogen-bond donors (Lipinski definition) is 2. The number of amides is 2. The molecule has 5 atom stereocenters. The summed E-state index contributed by atoms with van der Waals surface area (Å²) in [5.74, 6) is -4.95. The summed E-state index contributed by atoms with van der Waals surface area (Å²) in [6, 6.07) is -1.20. The molecule has 1 aliphatic heterocycles. The summed E-state index contributed by atoms with van der Waals surface area (Å²) < 4.78 is 63.4. The highest BCUT2D eigenvalue weighted by atomic mass is 19.4. The molecule has 1 fully saturated rings. The predicted molar refractivity (Wildman–Crippen MR) is 104 cm³/mol. The van der Waals surface area contributed by atoms with E-state index in [0.29, 0.717) is 0 Å². The Hall–Kier alpha value is -2.94. The van der Waals surface area contributed by atoms with Gasteiger partial charge in [0.15, 0.2) is 18.5 Å². The van der Waals surface area contributed by atoms with Crippen LogP contribution in [0, 0.1) is 0 Å². The molecule has 1 heterocycles. The van der Waals surface area contributed by atoms with E-state index in [1.165, 1.54) is 0 Å². The van der Waals surface area contributed by atoms with Crippen molar-refractivity contribution in [1.29, 1.82) is 0 Å². The second kappa shape index (κ2) is 13.1. The monoisotopic (exact) mass is 500 g/mol. The maximum absolute atomic E-state index is 12.3. The molecule has 0 aromatic rings. The molecule has 0 aromatic carbocycles. The van der Waals surface area contributed by atoms with E-state index in [0.717, 1.165) is 27.7 Å². The molecule has 2 N–H and O–H groups in total. The van der Waals surface area contributed by atoms with Gasteiger partial charge >= 0.3 is 30.0 Å². The number of carbonyl (C=O) groups excluding carboxylic acids is 5. The van der Waals surface area contributed by atoms with Crippen LogP contribution in [0.15, 0.2) is 0 Å². The third-order valence-corrected chi connectivity index (χ3v) is 4.22. The van der Waals surface area contributed by atoms with Gasteiger partial charge in [-0.15, -0.1) is 0 Å². The number of rotatable bonds is 10. The van der Waals surface area contributed by atoms with Crippen molar-refractivity contribution in [3.05, 3.63) is 0 Å². The minimum absolute atomic E-state index is 0.0747. The van der Waals surface area contributed by atoms with Gasteiger partial charge in [0.25, 0.3) is 0 Å². The Morgan fingerprint density at radius 2 is 1.50 bits per heavy atom. The maximum atomic E-state index is 12.3. The fourth-order valence-corrected chi connectivity index (χ4v) is 3.01. The van der Waals surface area contributed by atoms with Crippen LogP contribution < -0.4 is 10.6 Å². The Bertz CT molecular complexity index is 761. The number of carbonyl (C=O) groups is 5. The van der Waals surface area contributed by atoms with E-state index in [1.54, 1.807) is 5.32 Å². The first-order valence-electron chi connectivity index (χ1n) is 10.1. The van der Waals surface area contributed by atoms with Crippen LogP contribution in [0.4, 0.5) is 13.2 Å². The summed E-state index contributed by atoms with van der Waals surface area (Å²) in [6.07, 6.45) is -10.3. The molecule has 0 radical (unpaired) electrons. The van der Waals surface area contributed by atoms with Crippen LogP contribution in [-0.2, 0) is 47.7 Å². The van der Waals surface area contributed by atoms with Gasteiger partial charge in [0, 0.05) is 34.2 Å². The van der Waals surface area contributed by atoms with Crippen LogP contribution in [-0.4, -0.2) is 86.3 Å². The van der Waals surface area contributed by atoms with Crippen molar-refractivity contribution in [2.75, 3.05) is 19.8 Å². The Balaban J connectivity index is 3.04. The quantitative estimate of drug-likeness (QED) is 0.233. The first-order chi connectivity index (χ1) is 15.7. The van der Waals surface area contributed by atoms with E-state index in [1.807, 2.05) is 0 Å². The molecule has 1 rings (SSSR count). The molecule has 12 nitrogen and oxygen atoms in total. The van der Waals surface area contributed by atoms with Gasteiger partial charge in [0.2, 0.25) is 5.91 Å². The van der Waals surface area contributed by atoms with Crippen molar-refractivity contribution in [3.8, 4) is 0 Å². The van der Waals surface area contributed by atoms with Gasteiger partial charge in [-0.2, -0.15) is 13.2 Å². The lowest BCUT2D eigenvalue weighted by Gasteiger charge is -2.44. The van der Waals surface area contributed by atoms with Gasteiger partial charge in [-0.25, -0.2) is 0 Å². The van der Waals surface area contributed by atoms with Crippen LogP contribution in [0.25, 0.3) is 0 Å². The normalized spacial score (nSPS) is 24.5. The molecule has 0 aromatic heterocycles. The number of ether oxygens (including phenoxy) is 5. The van der Waals surface area contributed by atoms with Crippen molar-refractivity contribution in [2.45, 2.75) is 70.9 Å². The molecule has 0 saturated carbocycles. The van der Waals surface area contributed by atoms with Gasteiger partial charge < -0.3 is 34.3 Å². The van der Waals surface area contributed by atoms with Crippen LogP contribution >= 0.6 is 0 Å². The van der Waals surface area contributed by atoms with Crippen molar-refractivity contribution >= 4 is 29.7 Å². The van der Waals surface area contributed by atoms with Crippen LogP contribution in [0.3, 0.4) is 0 Å². The highest BCUT2D eigenvalue weighted by Crippen LogP contribution is 2.28. The summed E-state index contributed by atoms with van der Waals surface area (Å²) in [7, 11) is 0. The number of halogens is 3. The molecule has 34 heavy (non-hydrogen) atoms. The number of alkyl halides is 3. The van der Waals surface area contributed by atoms with E-state index >= 15 is 0 Å². The van der Waals surface area contributed by atoms with E-state index in [2.05, 4.69) is 5.32 Å². The lowest BCUT2D eigenvalue weighted by atomic mass is 9.96.